The molecule has 0 amide bonds. The van der Waals surface area contributed by atoms with Gasteiger partial charge in [0.1, 0.15) is 0 Å². The largest absolute Gasteiger partial charge is 0.481 e. The number of hydrogen-bond acceptors (Lipinski definition) is 2. The van der Waals surface area contributed by atoms with Crippen LogP contribution in [-0.2, 0) is 9.53 Å². The first-order valence-electron chi connectivity index (χ1n) is 7.14. The van der Waals surface area contributed by atoms with Crippen LogP contribution in [0.15, 0.2) is 24.3 Å². The molecule has 19 heavy (non-hydrogen) atoms. The van der Waals surface area contributed by atoms with Crippen molar-refractivity contribution >= 4 is 5.97 Å². The summed E-state index contributed by atoms with van der Waals surface area (Å²) < 4.78 is 5.49. The van der Waals surface area contributed by atoms with E-state index in [0.717, 1.165) is 19.6 Å². The Kier molecular flexibility index (Phi) is 3.56. The third-order valence-corrected chi connectivity index (χ3v) is 4.35. The van der Waals surface area contributed by atoms with Gasteiger partial charge in [0.05, 0.1) is 13.0 Å². The van der Waals surface area contributed by atoms with E-state index in [9.17, 15) is 4.79 Å². The maximum atomic E-state index is 11.1. The van der Waals surface area contributed by atoms with Crippen LogP contribution in [0.1, 0.15) is 48.6 Å². The van der Waals surface area contributed by atoms with Gasteiger partial charge in [0.15, 0.2) is 0 Å². The number of carboxylic acids is 1. The number of benzene rings is 1. The van der Waals surface area contributed by atoms with E-state index in [-0.39, 0.29) is 12.3 Å². The van der Waals surface area contributed by atoms with Crippen molar-refractivity contribution in [2.24, 2.45) is 5.92 Å². The predicted molar refractivity (Wildman–Crippen MR) is 72.3 cm³/mol. The Morgan fingerprint density at radius 1 is 1.32 bits per heavy atom. The lowest BCUT2D eigenvalue weighted by Gasteiger charge is -2.21. The molecule has 1 saturated heterocycles. The summed E-state index contributed by atoms with van der Waals surface area (Å²) in [4.78, 5) is 11.1. The van der Waals surface area contributed by atoms with Crippen LogP contribution in [-0.4, -0.2) is 24.3 Å². The highest BCUT2D eigenvalue weighted by Gasteiger charge is 2.36. The molecule has 1 aliphatic carbocycles. The summed E-state index contributed by atoms with van der Waals surface area (Å²) in [5.41, 5.74) is 2.57. The van der Waals surface area contributed by atoms with Crippen molar-refractivity contribution < 1.29 is 14.6 Å². The van der Waals surface area contributed by atoms with E-state index < -0.39 is 5.97 Å². The van der Waals surface area contributed by atoms with Crippen molar-refractivity contribution in [2.75, 3.05) is 13.2 Å². The Balaban J connectivity index is 1.90. The molecule has 2 atom stereocenters. The molecule has 0 bridgehead atoms. The lowest BCUT2D eigenvalue weighted by molar-refractivity contribution is -0.137. The zero-order valence-electron chi connectivity index (χ0n) is 11.0. The second kappa shape index (κ2) is 5.33. The minimum absolute atomic E-state index is 0.189. The average Bonchev–Trinajstić information content (AvgIpc) is 3.10. The molecule has 1 saturated carbocycles. The first kappa shape index (κ1) is 12.7. The smallest absolute Gasteiger partial charge is 0.303 e. The molecular formula is C16H20O3. The van der Waals surface area contributed by atoms with Crippen LogP contribution in [0, 0.1) is 5.92 Å². The number of ether oxygens (including phenoxy) is 1. The minimum Gasteiger partial charge on any atom is -0.481 e. The van der Waals surface area contributed by atoms with E-state index in [2.05, 4.69) is 18.2 Å². The van der Waals surface area contributed by atoms with Crippen LogP contribution in [0.5, 0.6) is 0 Å². The Morgan fingerprint density at radius 3 is 2.74 bits per heavy atom. The van der Waals surface area contributed by atoms with Crippen molar-refractivity contribution in [3.63, 3.8) is 0 Å². The second-order valence-corrected chi connectivity index (χ2v) is 5.73. The van der Waals surface area contributed by atoms with Crippen molar-refractivity contribution in [1.82, 2.24) is 0 Å². The van der Waals surface area contributed by atoms with E-state index in [1.165, 1.54) is 24.0 Å². The fourth-order valence-corrected chi connectivity index (χ4v) is 3.22. The molecule has 1 heterocycles. The first-order valence-corrected chi connectivity index (χ1v) is 7.14. The number of aliphatic carboxylic acids is 1. The first-order chi connectivity index (χ1) is 9.25. The van der Waals surface area contributed by atoms with Gasteiger partial charge in [0, 0.05) is 12.5 Å². The van der Waals surface area contributed by atoms with Crippen LogP contribution in [0.2, 0.25) is 0 Å². The fraction of sp³-hybridized carbons (Fsp3) is 0.562. The zero-order valence-corrected chi connectivity index (χ0v) is 11.0. The Labute approximate surface area is 113 Å². The lowest BCUT2D eigenvalue weighted by Crippen LogP contribution is -2.12. The van der Waals surface area contributed by atoms with E-state index >= 15 is 0 Å². The van der Waals surface area contributed by atoms with Crippen LogP contribution in [0.4, 0.5) is 0 Å². The maximum absolute atomic E-state index is 11.1. The highest BCUT2D eigenvalue weighted by molar-refractivity contribution is 5.68. The van der Waals surface area contributed by atoms with Gasteiger partial charge in [-0.3, -0.25) is 4.79 Å². The summed E-state index contributed by atoms with van der Waals surface area (Å²) in [5, 5.41) is 9.15. The highest BCUT2D eigenvalue weighted by Crippen LogP contribution is 2.46. The lowest BCUT2D eigenvalue weighted by atomic mass is 9.83. The van der Waals surface area contributed by atoms with Gasteiger partial charge >= 0.3 is 5.97 Å². The Bertz CT molecular complexity index is 459. The summed E-state index contributed by atoms with van der Waals surface area (Å²) in [7, 11) is 0. The van der Waals surface area contributed by atoms with Gasteiger partial charge < -0.3 is 9.84 Å². The predicted octanol–water partition coefficient (Wildman–Crippen LogP) is 3.16. The van der Waals surface area contributed by atoms with E-state index in [1.54, 1.807) is 0 Å². The zero-order chi connectivity index (χ0) is 13.2. The van der Waals surface area contributed by atoms with E-state index in [0.29, 0.717) is 11.8 Å². The van der Waals surface area contributed by atoms with Crippen LogP contribution < -0.4 is 0 Å². The SMILES string of the molecule is O=C(O)CC(c1ccccc1C1CCOC1)C1CC1. The monoisotopic (exact) mass is 260 g/mol. The van der Waals surface area contributed by atoms with Crippen molar-refractivity contribution in [1.29, 1.82) is 0 Å². The summed E-state index contributed by atoms with van der Waals surface area (Å²) in [6.07, 6.45) is 3.66. The average molecular weight is 260 g/mol. The third kappa shape index (κ3) is 2.81. The van der Waals surface area contributed by atoms with Crippen LogP contribution in [0.25, 0.3) is 0 Å². The van der Waals surface area contributed by atoms with Gasteiger partial charge in [0.25, 0.3) is 0 Å². The maximum Gasteiger partial charge on any atom is 0.303 e. The van der Waals surface area contributed by atoms with Crippen molar-refractivity contribution in [3.8, 4) is 0 Å². The minimum atomic E-state index is -0.686. The Morgan fingerprint density at radius 2 is 2.11 bits per heavy atom. The van der Waals surface area contributed by atoms with Crippen molar-refractivity contribution in [2.45, 2.75) is 37.5 Å². The summed E-state index contributed by atoms with van der Waals surface area (Å²) in [6, 6.07) is 8.37. The van der Waals surface area contributed by atoms with Gasteiger partial charge in [0.2, 0.25) is 0 Å². The molecule has 0 spiro atoms. The fourth-order valence-electron chi connectivity index (χ4n) is 3.22. The topological polar surface area (TPSA) is 46.5 Å². The second-order valence-electron chi connectivity index (χ2n) is 5.73. The number of rotatable bonds is 5. The molecule has 3 heteroatoms. The molecule has 2 aliphatic rings. The van der Waals surface area contributed by atoms with E-state index in [4.69, 9.17) is 9.84 Å². The Hall–Kier alpha value is -1.35. The van der Waals surface area contributed by atoms with E-state index in [1.807, 2.05) is 6.07 Å². The summed E-state index contributed by atoms with van der Waals surface area (Å²) in [5.74, 6) is 0.523. The van der Waals surface area contributed by atoms with Gasteiger partial charge in [-0.15, -0.1) is 0 Å². The number of hydrogen-bond donors (Lipinski definition) is 1. The molecule has 1 aromatic rings. The number of carboxylic acid groups (broad SMARTS) is 1. The molecule has 0 radical (unpaired) electrons. The molecular weight excluding hydrogens is 240 g/mol. The van der Waals surface area contributed by atoms with Gasteiger partial charge in [-0.05, 0) is 42.2 Å². The molecule has 3 rings (SSSR count). The van der Waals surface area contributed by atoms with Gasteiger partial charge in [-0.2, -0.15) is 0 Å². The standard InChI is InChI=1S/C16H20O3/c17-16(18)9-15(11-5-6-11)14-4-2-1-3-13(14)12-7-8-19-10-12/h1-4,11-12,15H,5-10H2,(H,17,18). The van der Waals surface area contributed by atoms with Crippen molar-refractivity contribution in [3.05, 3.63) is 35.4 Å². The molecule has 2 unspecified atom stereocenters. The highest BCUT2D eigenvalue weighted by atomic mass is 16.5. The summed E-state index contributed by atoms with van der Waals surface area (Å²) >= 11 is 0. The summed E-state index contributed by atoms with van der Waals surface area (Å²) in [6.45, 7) is 1.60. The van der Waals surface area contributed by atoms with Gasteiger partial charge in [-0.25, -0.2) is 0 Å². The molecule has 1 N–H and O–H groups in total. The normalized spacial score (nSPS) is 24.3. The quantitative estimate of drug-likeness (QED) is 0.884. The molecule has 2 fully saturated rings. The van der Waals surface area contributed by atoms with Crippen LogP contribution in [0.3, 0.4) is 0 Å². The molecule has 3 nitrogen and oxygen atoms in total. The van der Waals surface area contributed by atoms with Crippen LogP contribution >= 0.6 is 0 Å². The van der Waals surface area contributed by atoms with Gasteiger partial charge in [-0.1, -0.05) is 24.3 Å². The molecule has 102 valence electrons. The molecule has 1 aromatic carbocycles. The third-order valence-electron chi connectivity index (χ3n) is 4.35. The molecule has 1 aliphatic heterocycles. The molecule has 0 aromatic heterocycles. The number of carbonyl (C=O) groups is 1.